The van der Waals surface area contributed by atoms with Crippen LogP contribution in [0.3, 0.4) is 0 Å². The zero-order valence-electron chi connectivity index (χ0n) is 11.7. The molecule has 0 unspecified atom stereocenters. The lowest BCUT2D eigenvalue weighted by molar-refractivity contribution is 0.413. The first kappa shape index (κ1) is 14.4. The summed E-state index contributed by atoms with van der Waals surface area (Å²) in [5.41, 5.74) is 8.45. The summed E-state index contributed by atoms with van der Waals surface area (Å²) in [4.78, 5) is 5.37. The van der Waals surface area contributed by atoms with Gasteiger partial charge >= 0.3 is 0 Å². The fraction of sp³-hybridized carbons (Fsp3) is 0.200. The number of nitrogens with one attached hydrogen (secondary N) is 1. The molecule has 0 radical (unpaired) electrons. The Balaban J connectivity index is 2.42. The first-order valence-electron chi connectivity index (χ1n) is 6.15. The van der Waals surface area contributed by atoms with E-state index >= 15 is 0 Å². The predicted molar refractivity (Wildman–Crippen MR) is 81.8 cm³/mol. The Kier molecular flexibility index (Phi) is 4.29. The molecule has 0 saturated carbocycles. The van der Waals surface area contributed by atoms with Crippen LogP contribution in [0.25, 0.3) is 0 Å². The molecule has 20 heavy (non-hydrogen) atoms. The first-order valence-corrected chi connectivity index (χ1v) is 6.97. The van der Waals surface area contributed by atoms with Gasteiger partial charge in [0, 0.05) is 16.2 Å². The Bertz CT molecular complexity index is 635. The van der Waals surface area contributed by atoms with Gasteiger partial charge in [0.15, 0.2) is 0 Å². The van der Waals surface area contributed by atoms with Crippen LogP contribution in [0.5, 0.6) is 5.75 Å². The van der Waals surface area contributed by atoms with E-state index in [1.165, 1.54) is 11.8 Å². The van der Waals surface area contributed by atoms with E-state index in [0.717, 1.165) is 26.9 Å². The summed E-state index contributed by atoms with van der Waals surface area (Å²) in [6.45, 7) is 4.00. The van der Waals surface area contributed by atoms with Crippen molar-refractivity contribution in [1.82, 2.24) is 4.98 Å². The number of hydrogen-bond acceptors (Lipinski definition) is 4. The highest BCUT2D eigenvalue weighted by atomic mass is 32.2. The van der Waals surface area contributed by atoms with Crippen molar-refractivity contribution in [3.8, 4) is 5.75 Å². The van der Waals surface area contributed by atoms with Crippen LogP contribution in [-0.2, 0) is 0 Å². The topological polar surface area (TPSA) is 72.0 Å². The number of aromatic nitrogens is 1. The summed E-state index contributed by atoms with van der Waals surface area (Å²) >= 11 is 1.49. The number of pyridine rings is 1. The molecule has 1 aromatic carbocycles. The maximum absolute atomic E-state index is 7.66. The summed E-state index contributed by atoms with van der Waals surface area (Å²) in [5.74, 6) is 0.779. The number of nitrogens with two attached hydrogens (primary N) is 1. The highest BCUT2D eigenvalue weighted by molar-refractivity contribution is 7.99. The minimum Gasteiger partial charge on any atom is -0.497 e. The van der Waals surface area contributed by atoms with Gasteiger partial charge < -0.3 is 10.5 Å². The van der Waals surface area contributed by atoms with Crippen LogP contribution in [0, 0.1) is 19.3 Å². The minimum atomic E-state index is 0.0412. The summed E-state index contributed by atoms with van der Waals surface area (Å²) in [6.07, 6.45) is 0. The number of hydrogen-bond donors (Lipinski definition) is 2. The second kappa shape index (κ2) is 5.96. The SMILES string of the molecule is COc1ccc(C(=N)N)c(Sc2cc(C)cc(C)n2)c1. The Morgan fingerprint density at radius 1 is 1.25 bits per heavy atom. The van der Waals surface area contributed by atoms with Gasteiger partial charge in [-0.05, 0) is 49.7 Å². The Morgan fingerprint density at radius 3 is 2.60 bits per heavy atom. The average molecular weight is 287 g/mol. The lowest BCUT2D eigenvalue weighted by Gasteiger charge is -2.10. The van der Waals surface area contributed by atoms with Gasteiger partial charge in [-0.15, -0.1) is 0 Å². The molecule has 0 fully saturated rings. The van der Waals surface area contributed by atoms with Gasteiger partial charge in [0.25, 0.3) is 0 Å². The van der Waals surface area contributed by atoms with E-state index in [9.17, 15) is 0 Å². The van der Waals surface area contributed by atoms with Crippen LogP contribution in [0.2, 0.25) is 0 Å². The van der Waals surface area contributed by atoms with Crippen molar-refractivity contribution in [2.45, 2.75) is 23.8 Å². The third-order valence-electron chi connectivity index (χ3n) is 2.77. The van der Waals surface area contributed by atoms with Crippen molar-refractivity contribution in [3.05, 3.63) is 47.2 Å². The third kappa shape index (κ3) is 3.30. The summed E-state index contributed by atoms with van der Waals surface area (Å²) in [5, 5.41) is 8.54. The molecule has 0 aliphatic heterocycles. The number of amidine groups is 1. The lowest BCUT2D eigenvalue weighted by Crippen LogP contribution is -2.12. The maximum atomic E-state index is 7.66. The normalized spacial score (nSPS) is 10.3. The van der Waals surface area contributed by atoms with Crippen molar-refractivity contribution < 1.29 is 4.74 Å². The molecule has 0 saturated heterocycles. The Morgan fingerprint density at radius 2 is 2.00 bits per heavy atom. The molecule has 0 aliphatic rings. The summed E-state index contributed by atoms with van der Waals surface area (Å²) in [7, 11) is 1.62. The maximum Gasteiger partial charge on any atom is 0.123 e. The van der Waals surface area contributed by atoms with E-state index in [4.69, 9.17) is 15.9 Å². The quantitative estimate of drug-likeness (QED) is 0.669. The molecule has 1 aromatic heterocycles. The van der Waals surface area contributed by atoms with Crippen LogP contribution in [0.15, 0.2) is 40.3 Å². The molecule has 0 spiro atoms. The van der Waals surface area contributed by atoms with Crippen molar-refractivity contribution in [2.75, 3.05) is 7.11 Å². The molecule has 1 heterocycles. The fourth-order valence-electron chi connectivity index (χ4n) is 1.91. The van der Waals surface area contributed by atoms with Gasteiger partial charge in [0.2, 0.25) is 0 Å². The number of rotatable bonds is 4. The van der Waals surface area contributed by atoms with Crippen LogP contribution in [0.1, 0.15) is 16.8 Å². The van der Waals surface area contributed by atoms with Crippen LogP contribution in [0.4, 0.5) is 0 Å². The Labute approximate surface area is 122 Å². The van der Waals surface area contributed by atoms with Gasteiger partial charge in [-0.25, -0.2) is 4.98 Å². The van der Waals surface area contributed by atoms with Gasteiger partial charge in [-0.2, -0.15) is 0 Å². The van der Waals surface area contributed by atoms with Crippen molar-refractivity contribution in [3.63, 3.8) is 0 Å². The minimum absolute atomic E-state index is 0.0412. The van der Waals surface area contributed by atoms with Crippen molar-refractivity contribution in [1.29, 1.82) is 5.41 Å². The zero-order valence-corrected chi connectivity index (χ0v) is 12.5. The number of benzene rings is 1. The van der Waals surface area contributed by atoms with E-state index in [1.54, 1.807) is 19.2 Å². The van der Waals surface area contributed by atoms with E-state index in [0.29, 0.717) is 5.56 Å². The van der Waals surface area contributed by atoms with Crippen LogP contribution in [-0.4, -0.2) is 17.9 Å². The number of aryl methyl sites for hydroxylation is 2. The standard InChI is InChI=1S/C15H17N3OS/c1-9-6-10(2)18-14(7-9)20-13-8-11(19-3)4-5-12(13)15(16)17/h4-8H,1-3H3,(H3,16,17). The van der Waals surface area contributed by atoms with Gasteiger partial charge in [-0.3, -0.25) is 5.41 Å². The largest absolute Gasteiger partial charge is 0.497 e. The molecular weight excluding hydrogens is 270 g/mol. The van der Waals surface area contributed by atoms with E-state index in [1.807, 2.05) is 32.0 Å². The number of nitrogen functional groups attached to an aromatic ring is 1. The highest BCUT2D eigenvalue weighted by Crippen LogP contribution is 2.32. The van der Waals surface area contributed by atoms with E-state index < -0.39 is 0 Å². The monoisotopic (exact) mass is 287 g/mol. The second-order valence-electron chi connectivity index (χ2n) is 4.50. The van der Waals surface area contributed by atoms with Gasteiger partial charge in [-0.1, -0.05) is 11.8 Å². The summed E-state index contributed by atoms with van der Waals surface area (Å²) < 4.78 is 5.23. The van der Waals surface area contributed by atoms with E-state index in [-0.39, 0.29) is 5.84 Å². The molecule has 2 aromatic rings. The molecule has 0 aliphatic carbocycles. The lowest BCUT2D eigenvalue weighted by atomic mass is 10.2. The second-order valence-corrected chi connectivity index (χ2v) is 5.56. The van der Waals surface area contributed by atoms with Crippen molar-refractivity contribution >= 4 is 17.6 Å². The molecule has 5 heteroatoms. The zero-order chi connectivity index (χ0) is 14.7. The molecule has 4 nitrogen and oxygen atoms in total. The fourth-order valence-corrected chi connectivity index (χ4v) is 3.03. The molecule has 0 bridgehead atoms. The molecule has 3 N–H and O–H groups in total. The first-order chi connectivity index (χ1) is 9.49. The predicted octanol–water partition coefficient (Wildman–Crippen LogP) is 3.14. The third-order valence-corrected chi connectivity index (χ3v) is 3.74. The van der Waals surface area contributed by atoms with E-state index in [2.05, 4.69) is 4.98 Å². The van der Waals surface area contributed by atoms with Gasteiger partial charge in [0.05, 0.1) is 7.11 Å². The number of methoxy groups -OCH3 is 1. The molecular formula is C15H17N3OS. The van der Waals surface area contributed by atoms with Crippen LogP contribution < -0.4 is 10.5 Å². The molecule has 0 atom stereocenters. The highest BCUT2D eigenvalue weighted by Gasteiger charge is 2.10. The molecule has 2 rings (SSSR count). The van der Waals surface area contributed by atoms with Crippen LogP contribution >= 0.6 is 11.8 Å². The average Bonchev–Trinajstić information content (AvgIpc) is 2.37. The number of ether oxygens (including phenoxy) is 1. The van der Waals surface area contributed by atoms with Crippen molar-refractivity contribution in [2.24, 2.45) is 5.73 Å². The van der Waals surface area contributed by atoms with Gasteiger partial charge in [0.1, 0.15) is 16.6 Å². The summed E-state index contributed by atoms with van der Waals surface area (Å²) in [6, 6.07) is 9.52. The molecule has 104 valence electrons. The smallest absolute Gasteiger partial charge is 0.123 e. The molecule has 0 amide bonds. The number of nitrogens with zero attached hydrogens (tertiary/aromatic N) is 1. The Hall–Kier alpha value is -2.01.